The molecule has 312 valence electrons. The lowest BCUT2D eigenvalue weighted by molar-refractivity contribution is -0.117. The van der Waals surface area contributed by atoms with Crippen molar-refractivity contribution in [1.82, 2.24) is 9.97 Å². The fourth-order valence-corrected chi connectivity index (χ4v) is 7.06. The van der Waals surface area contributed by atoms with Gasteiger partial charge in [0.05, 0.1) is 89.5 Å². The second kappa shape index (κ2) is 22.2. The highest BCUT2D eigenvalue weighted by molar-refractivity contribution is 5.98. The Morgan fingerprint density at radius 3 is 1.98 bits per heavy atom. The zero-order valence-corrected chi connectivity index (χ0v) is 34.0. The minimum Gasteiger partial charge on any atom is -0.396 e. The van der Waals surface area contributed by atoms with Crippen molar-refractivity contribution in [2.45, 2.75) is 72.2 Å². The number of hydrogen-bond acceptors (Lipinski definition) is 12. The molecule has 0 radical (unpaired) electrons. The van der Waals surface area contributed by atoms with Crippen molar-refractivity contribution in [3.63, 3.8) is 0 Å². The summed E-state index contributed by atoms with van der Waals surface area (Å²) in [5, 5.41) is 18.8. The summed E-state index contributed by atoms with van der Waals surface area (Å²) in [5.41, 5.74) is 5.06. The number of nitrogens with zero attached hydrogens (tertiary/aromatic N) is 5. The third kappa shape index (κ3) is 12.7. The van der Waals surface area contributed by atoms with Crippen molar-refractivity contribution in [2.24, 2.45) is 11.3 Å². The van der Waals surface area contributed by atoms with Gasteiger partial charge >= 0.3 is 0 Å². The number of benzene rings is 2. The van der Waals surface area contributed by atoms with Crippen molar-refractivity contribution in [1.29, 1.82) is 0 Å². The fourth-order valence-electron chi connectivity index (χ4n) is 7.06. The molecule has 1 aliphatic carbocycles. The maximum Gasteiger partial charge on any atom is 0.232 e. The van der Waals surface area contributed by atoms with Gasteiger partial charge in [0.25, 0.3) is 0 Å². The van der Waals surface area contributed by atoms with E-state index in [1.165, 1.54) is 4.90 Å². The lowest BCUT2D eigenvalue weighted by Crippen LogP contribution is -2.52. The maximum absolute atomic E-state index is 13.1. The second-order valence-corrected chi connectivity index (χ2v) is 15.6. The van der Waals surface area contributed by atoms with Crippen molar-refractivity contribution in [3.05, 3.63) is 66.0 Å². The molecule has 2 aliphatic rings. The topological polar surface area (TPSA) is 156 Å². The molecule has 57 heavy (non-hydrogen) atoms. The number of aromatic nitrogens is 2. The summed E-state index contributed by atoms with van der Waals surface area (Å²) < 4.78 is 27.9. The first-order valence-corrected chi connectivity index (χ1v) is 20.1. The summed E-state index contributed by atoms with van der Waals surface area (Å²) in [7, 11) is 0. The molecule has 2 N–H and O–H groups in total. The van der Waals surface area contributed by atoms with Gasteiger partial charge in [0.1, 0.15) is 0 Å². The molecule has 0 saturated heterocycles. The lowest BCUT2D eigenvalue weighted by atomic mass is 9.86. The van der Waals surface area contributed by atoms with E-state index in [0.29, 0.717) is 84.9 Å². The fraction of sp³-hybridized carbons (Fsp3) is 0.581. The summed E-state index contributed by atoms with van der Waals surface area (Å²) in [6.07, 6.45) is 7.05. The Morgan fingerprint density at radius 1 is 0.842 bits per heavy atom. The Kier molecular flexibility index (Phi) is 17.2. The maximum atomic E-state index is 13.1. The number of aliphatic hydroxyl groups is 2. The first-order valence-electron chi connectivity index (χ1n) is 20.1. The van der Waals surface area contributed by atoms with E-state index in [1.54, 1.807) is 19.3 Å². The number of hydrogen-bond donors (Lipinski definition) is 2. The van der Waals surface area contributed by atoms with E-state index < -0.39 is 0 Å². The van der Waals surface area contributed by atoms with Crippen molar-refractivity contribution in [3.8, 4) is 11.1 Å². The summed E-state index contributed by atoms with van der Waals surface area (Å²) in [4.78, 5) is 40.7. The van der Waals surface area contributed by atoms with Crippen LogP contribution in [0.3, 0.4) is 0 Å². The van der Waals surface area contributed by atoms with E-state index in [4.69, 9.17) is 28.8 Å². The molecule has 1 unspecified atom stereocenters. The number of fused-ring (bicyclic) bond motifs is 1. The van der Waals surface area contributed by atoms with Crippen molar-refractivity contribution in [2.75, 3.05) is 93.9 Å². The van der Waals surface area contributed by atoms with Crippen LogP contribution in [-0.2, 0) is 46.4 Å². The Hall–Kier alpha value is -4.02. The summed E-state index contributed by atoms with van der Waals surface area (Å²) in [5.74, 6) is 0.775. The quantitative estimate of drug-likeness (QED) is 0.0908. The zero-order chi connectivity index (χ0) is 40.6. The van der Waals surface area contributed by atoms with Crippen LogP contribution < -0.4 is 14.7 Å². The predicted octanol–water partition coefficient (Wildman–Crippen LogP) is 4.63. The molecule has 0 bridgehead atoms. The number of carbonyl (C=O) groups excluding carboxylic acids is 2. The smallest absolute Gasteiger partial charge is 0.232 e. The average molecular weight is 792 g/mol. The van der Waals surface area contributed by atoms with Gasteiger partial charge in [0.2, 0.25) is 18.3 Å². The van der Waals surface area contributed by atoms with E-state index in [0.717, 1.165) is 52.9 Å². The molecule has 2 atom stereocenters. The Labute approximate surface area is 337 Å². The van der Waals surface area contributed by atoms with Gasteiger partial charge < -0.3 is 43.7 Å². The average Bonchev–Trinajstić information content (AvgIpc) is 4.06. The Morgan fingerprint density at radius 2 is 1.44 bits per heavy atom. The van der Waals surface area contributed by atoms with Gasteiger partial charge in [0, 0.05) is 51.2 Å². The zero-order valence-electron chi connectivity index (χ0n) is 34.0. The van der Waals surface area contributed by atoms with Crippen LogP contribution >= 0.6 is 0 Å². The van der Waals surface area contributed by atoms with Crippen LogP contribution in [0.25, 0.3) is 11.1 Å². The normalized spacial score (nSPS) is 16.1. The molecule has 1 aromatic heterocycles. The molecule has 3 aromatic rings. The van der Waals surface area contributed by atoms with Gasteiger partial charge in [-0.05, 0) is 59.4 Å². The molecule has 0 spiro atoms. The number of rotatable bonds is 25. The molecule has 2 amide bonds. The third-order valence-corrected chi connectivity index (χ3v) is 10.3. The molecule has 2 heterocycles. The SMILES string of the molecule is CC(=O)N1c2ccc(-c3cnc(N(C=O)C(COCCOCCOCCOCCOCCCO)C(C)(C)C)nc3)cc2N(Cc2ccccc2CO)C[C@@H]1C1CC1. The first kappa shape index (κ1) is 44.1. The van der Waals surface area contributed by atoms with Gasteiger partial charge in [-0.1, -0.05) is 51.1 Å². The number of carbonyl (C=O) groups is 2. The van der Waals surface area contributed by atoms with Crippen molar-refractivity contribution >= 4 is 29.6 Å². The highest BCUT2D eigenvalue weighted by Gasteiger charge is 2.42. The molecular weight excluding hydrogens is 730 g/mol. The van der Waals surface area contributed by atoms with Gasteiger partial charge in [0.15, 0.2) is 0 Å². The van der Waals surface area contributed by atoms with Crippen LogP contribution in [0.15, 0.2) is 54.9 Å². The Bertz CT molecular complexity index is 1680. The molecule has 5 rings (SSSR count). The lowest BCUT2D eigenvalue weighted by Gasteiger charge is -2.44. The van der Waals surface area contributed by atoms with E-state index in [9.17, 15) is 14.7 Å². The monoisotopic (exact) mass is 791 g/mol. The summed E-state index contributed by atoms with van der Waals surface area (Å²) >= 11 is 0. The van der Waals surface area contributed by atoms with Crippen LogP contribution in [0, 0.1) is 11.3 Å². The molecular formula is C43H61N5O9. The summed E-state index contributed by atoms with van der Waals surface area (Å²) in [6, 6.07) is 13.8. The van der Waals surface area contributed by atoms with Crippen molar-refractivity contribution < 1.29 is 43.5 Å². The Balaban J connectivity index is 1.17. The minimum atomic E-state index is -0.347. The highest BCUT2D eigenvalue weighted by atomic mass is 16.6. The van der Waals surface area contributed by atoms with Crippen LogP contribution in [0.2, 0.25) is 0 Å². The van der Waals surface area contributed by atoms with Gasteiger partial charge in [-0.25, -0.2) is 9.97 Å². The number of anilines is 3. The van der Waals surface area contributed by atoms with E-state index in [1.807, 2.05) is 62.1 Å². The number of ether oxygens (including phenoxy) is 5. The van der Waals surface area contributed by atoms with Crippen LogP contribution in [0.4, 0.5) is 17.3 Å². The van der Waals surface area contributed by atoms with E-state index >= 15 is 0 Å². The van der Waals surface area contributed by atoms with E-state index in [2.05, 4.69) is 20.9 Å². The predicted molar refractivity (Wildman–Crippen MR) is 218 cm³/mol. The molecule has 1 aliphatic heterocycles. The number of amides is 2. The largest absolute Gasteiger partial charge is 0.396 e. The third-order valence-electron chi connectivity index (χ3n) is 10.3. The molecule has 14 nitrogen and oxygen atoms in total. The molecule has 2 aromatic carbocycles. The van der Waals surface area contributed by atoms with Crippen LogP contribution in [0.1, 0.15) is 58.1 Å². The highest BCUT2D eigenvalue weighted by Crippen LogP contribution is 2.46. The van der Waals surface area contributed by atoms with Gasteiger partial charge in [-0.3, -0.25) is 14.5 Å². The molecule has 14 heteroatoms. The van der Waals surface area contributed by atoms with Crippen LogP contribution in [-0.4, -0.2) is 124 Å². The first-order chi connectivity index (χ1) is 27.7. The minimum absolute atomic E-state index is 0.0277. The van der Waals surface area contributed by atoms with E-state index in [-0.39, 0.29) is 49.2 Å². The molecule has 1 saturated carbocycles. The van der Waals surface area contributed by atoms with Gasteiger partial charge in [-0.2, -0.15) is 0 Å². The summed E-state index contributed by atoms with van der Waals surface area (Å²) in [6.45, 7) is 13.4. The molecule has 1 fully saturated rings. The standard InChI is InChI=1S/C43H61N5O9/c1-32(52)48-38-13-12-34(24-39(38)46(28-40(48)33-10-11-33)27-35-8-5-6-9-36(35)29-50)37-25-44-42(45-26-37)47(31-51)41(43(2,3)4)30-57-23-22-56-21-20-55-19-18-54-17-16-53-15-7-14-49/h5-6,8-9,12-13,24-26,31,33,40-41,49-50H,7,10-11,14-23,27-30H2,1-4H3/t40-,41?/m1/s1. The van der Waals surface area contributed by atoms with Gasteiger partial charge in [-0.15, -0.1) is 0 Å². The second-order valence-electron chi connectivity index (χ2n) is 15.6. The van der Waals surface area contributed by atoms with Crippen LogP contribution in [0.5, 0.6) is 0 Å². The number of aliphatic hydroxyl groups excluding tert-OH is 2.